The minimum absolute atomic E-state index is 0.150. The standard InChI is InChI=1S/C13H18FNO2/c14-12-9-11(5-6-13(12)15)17-8-2-4-10-3-1-7-16-10/h5-6,9-10H,1-4,7-8,15H2. The quantitative estimate of drug-likeness (QED) is 0.634. The number of ether oxygens (including phenoxy) is 2. The fourth-order valence-electron chi connectivity index (χ4n) is 1.97. The van der Waals surface area contributed by atoms with Gasteiger partial charge in [0.2, 0.25) is 0 Å². The number of nitrogens with two attached hydrogens (primary N) is 1. The molecule has 1 heterocycles. The van der Waals surface area contributed by atoms with Gasteiger partial charge in [0.1, 0.15) is 11.6 Å². The normalized spacial score (nSPS) is 19.5. The highest BCUT2D eigenvalue weighted by atomic mass is 19.1. The first-order chi connectivity index (χ1) is 8.25. The van der Waals surface area contributed by atoms with Crippen molar-refractivity contribution in [2.24, 2.45) is 0 Å². The molecule has 1 atom stereocenters. The molecular weight excluding hydrogens is 221 g/mol. The van der Waals surface area contributed by atoms with Crippen LogP contribution in [0.1, 0.15) is 25.7 Å². The Hall–Kier alpha value is -1.29. The summed E-state index contributed by atoms with van der Waals surface area (Å²) in [4.78, 5) is 0. The largest absolute Gasteiger partial charge is 0.493 e. The van der Waals surface area contributed by atoms with Crippen LogP contribution >= 0.6 is 0 Å². The van der Waals surface area contributed by atoms with E-state index in [4.69, 9.17) is 15.2 Å². The third kappa shape index (κ3) is 3.60. The maximum atomic E-state index is 13.1. The van der Waals surface area contributed by atoms with Gasteiger partial charge >= 0.3 is 0 Å². The first-order valence-electron chi connectivity index (χ1n) is 6.05. The Bertz CT molecular complexity index is 364. The fraction of sp³-hybridized carbons (Fsp3) is 0.538. The maximum absolute atomic E-state index is 13.1. The SMILES string of the molecule is Nc1ccc(OCCCC2CCCO2)cc1F. The topological polar surface area (TPSA) is 44.5 Å². The van der Waals surface area contributed by atoms with E-state index in [9.17, 15) is 4.39 Å². The van der Waals surface area contributed by atoms with E-state index in [0.29, 0.717) is 18.5 Å². The van der Waals surface area contributed by atoms with Crippen molar-refractivity contribution in [2.45, 2.75) is 31.8 Å². The van der Waals surface area contributed by atoms with E-state index in [1.54, 1.807) is 6.07 Å². The highest BCUT2D eigenvalue weighted by Gasteiger charge is 2.14. The lowest BCUT2D eigenvalue weighted by atomic mass is 10.1. The zero-order valence-electron chi connectivity index (χ0n) is 9.82. The van der Waals surface area contributed by atoms with Crippen LogP contribution in [-0.2, 0) is 4.74 Å². The minimum Gasteiger partial charge on any atom is -0.493 e. The molecule has 17 heavy (non-hydrogen) atoms. The first-order valence-corrected chi connectivity index (χ1v) is 6.05. The Morgan fingerprint density at radius 3 is 3.06 bits per heavy atom. The van der Waals surface area contributed by atoms with Crippen molar-refractivity contribution in [1.82, 2.24) is 0 Å². The summed E-state index contributed by atoms with van der Waals surface area (Å²) in [5.74, 6) is 0.102. The zero-order chi connectivity index (χ0) is 12.1. The molecule has 94 valence electrons. The molecule has 1 aliphatic heterocycles. The molecule has 1 unspecified atom stereocenters. The van der Waals surface area contributed by atoms with Crippen LogP contribution in [0.15, 0.2) is 18.2 Å². The van der Waals surface area contributed by atoms with Crippen LogP contribution in [0.3, 0.4) is 0 Å². The highest BCUT2D eigenvalue weighted by Crippen LogP contribution is 2.19. The highest BCUT2D eigenvalue weighted by molar-refractivity contribution is 5.43. The minimum atomic E-state index is -0.429. The van der Waals surface area contributed by atoms with E-state index >= 15 is 0 Å². The summed E-state index contributed by atoms with van der Waals surface area (Å²) < 4.78 is 24.1. The summed E-state index contributed by atoms with van der Waals surface area (Å²) in [7, 11) is 0. The van der Waals surface area contributed by atoms with Gasteiger partial charge in [-0.05, 0) is 37.8 Å². The second kappa shape index (κ2) is 5.87. The van der Waals surface area contributed by atoms with E-state index in [2.05, 4.69) is 0 Å². The summed E-state index contributed by atoms with van der Waals surface area (Å²) in [6.45, 7) is 1.47. The molecule has 0 bridgehead atoms. The monoisotopic (exact) mass is 239 g/mol. The molecule has 1 aromatic rings. The Morgan fingerprint density at radius 2 is 2.35 bits per heavy atom. The summed E-state index contributed by atoms with van der Waals surface area (Å²) in [5, 5.41) is 0. The molecule has 0 saturated carbocycles. The van der Waals surface area contributed by atoms with Gasteiger partial charge in [0, 0.05) is 12.7 Å². The molecule has 0 amide bonds. The van der Waals surface area contributed by atoms with Gasteiger partial charge < -0.3 is 15.2 Å². The molecule has 2 N–H and O–H groups in total. The number of anilines is 1. The number of benzene rings is 1. The molecule has 3 nitrogen and oxygen atoms in total. The molecule has 2 rings (SSSR count). The Kier molecular flexibility index (Phi) is 4.20. The molecular formula is C13H18FNO2. The third-order valence-corrected chi connectivity index (χ3v) is 2.94. The van der Waals surface area contributed by atoms with Crippen molar-refractivity contribution in [3.05, 3.63) is 24.0 Å². The molecule has 0 spiro atoms. The van der Waals surface area contributed by atoms with Crippen LogP contribution in [0.2, 0.25) is 0 Å². The summed E-state index contributed by atoms with van der Waals surface area (Å²) in [5.41, 5.74) is 5.53. The van der Waals surface area contributed by atoms with Crippen molar-refractivity contribution in [3.63, 3.8) is 0 Å². The van der Waals surface area contributed by atoms with Gasteiger partial charge in [0.15, 0.2) is 0 Å². The molecule has 1 aliphatic rings. The number of hydrogen-bond acceptors (Lipinski definition) is 3. The van der Waals surface area contributed by atoms with E-state index in [0.717, 1.165) is 32.3 Å². The van der Waals surface area contributed by atoms with Crippen LogP contribution in [0, 0.1) is 5.82 Å². The predicted octanol–water partition coefficient (Wildman–Crippen LogP) is 2.75. The predicted molar refractivity (Wildman–Crippen MR) is 64.5 cm³/mol. The van der Waals surface area contributed by atoms with Crippen LogP contribution in [0.5, 0.6) is 5.75 Å². The summed E-state index contributed by atoms with van der Waals surface area (Å²) in [6, 6.07) is 4.52. The van der Waals surface area contributed by atoms with Gasteiger partial charge in [-0.2, -0.15) is 0 Å². The van der Waals surface area contributed by atoms with E-state index in [1.165, 1.54) is 12.1 Å². The number of hydrogen-bond donors (Lipinski definition) is 1. The van der Waals surface area contributed by atoms with Gasteiger partial charge in [0.25, 0.3) is 0 Å². The molecule has 1 fully saturated rings. The molecule has 0 aromatic heterocycles. The van der Waals surface area contributed by atoms with Gasteiger partial charge in [-0.1, -0.05) is 0 Å². The van der Waals surface area contributed by atoms with Crippen molar-refractivity contribution in [2.75, 3.05) is 18.9 Å². The number of rotatable bonds is 5. The fourth-order valence-corrected chi connectivity index (χ4v) is 1.97. The van der Waals surface area contributed by atoms with Crippen LogP contribution < -0.4 is 10.5 Å². The molecule has 0 aliphatic carbocycles. The Labute approximate surface area is 101 Å². The van der Waals surface area contributed by atoms with Gasteiger partial charge in [-0.25, -0.2) is 4.39 Å². The van der Waals surface area contributed by atoms with Crippen LogP contribution in [0.25, 0.3) is 0 Å². The molecule has 4 heteroatoms. The maximum Gasteiger partial charge on any atom is 0.149 e. The van der Waals surface area contributed by atoms with Crippen LogP contribution in [-0.4, -0.2) is 19.3 Å². The third-order valence-electron chi connectivity index (χ3n) is 2.94. The molecule has 1 aromatic carbocycles. The van der Waals surface area contributed by atoms with E-state index in [1.807, 2.05) is 0 Å². The van der Waals surface area contributed by atoms with E-state index in [-0.39, 0.29) is 5.69 Å². The molecule has 1 saturated heterocycles. The molecule has 0 radical (unpaired) electrons. The second-order valence-electron chi connectivity index (χ2n) is 4.31. The Morgan fingerprint density at radius 1 is 1.47 bits per heavy atom. The van der Waals surface area contributed by atoms with Gasteiger partial charge in [0.05, 0.1) is 18.4 Å². The van der Waals surface area contributed by atoms with Crippen molar-refractivity contribution >= 4 is 5.69 Å². The van der Waals surface area contributed by atoms with Crippen molar-refractivity contribution in [3.8, 4) is 5.75 Å². The number of nitrogen functional groups attached to an aromatic ring is 1. The lowest BCUT2D eigenvalue weighted by Crippen LogP contribution is -2.07. The lowest BCUT2D eigenvalue weighted by Gasteiger charge is -2.10. The summed E-state index contributed by atoms with van der Waals surface area (Å²) >= 11 is 0. The van der Waals surface area contributed by atoms with Crippen molar-refractivity contribution in [1.29, 1.82) is 0 Å². The average molecular weight is 239 g/mol. The Balaban J connectivity index is 1.68. The van der Waals surface area contributed by atoms with Crippen LogP contribution in [0.4, 0.5) is 10.1 Å². The second-order valence-corrected chi connectivity index (χ2v) is 4.31. The van der Waals surface area contributed by atoms with Crippen molar-refractivity contribution < 1.29 is 13.9 Å². The smallest absolute Gasteiger partial charge is 0.149 e. The zero-order valence-corrected chi connectivity index (χ0v) is 9.82. The number of halogens is 1. The average Bonchev–Trinajstić information content (AvgIpc) is 2.82. The lowest BCUT2D eigenvalue weighted by molar-refractivity contribution is 0.0981. The summed E-state index contributed by atoms with van der Waals surface area (Å²) in [6.07, 6.45) is 4.64. The first kappa shape index (κ1) is 12.2. The van der Waals surface area contributed by atoms with E-state index < -0.39 is 5.82 Å². The van der Waals surface area contributed by atoms with Gasteiger partial charge in [-0.15, -0.1) is 0 Å². The van der Waals surface area contributed by atoms with Gasteiger partial charge in [-0.3, -0.25) is 0 Å².